The molecule has 0 atom stereocenters. The van der Waals surface area contributed by atoms with Crippen molar-refractivity contribution in [3.05, 3.63) is 59.7 Å². The van der Waals surface area contributed by atoms with E-state index in [1.165, 1.54) is 0 Å². The molecule has 0 radical (unpaired) electrons. The van der Waals surface area contributed by atoms with Crippen molar-refractivity contribution in [3.8, 4) is 35.1 Å². The number of hydrogen-bond acceptors (Lipinski definition) is 4. The molecule has 2 aromatic carbocycles. The van der Waals surface area contributed by atoms with Crippen molar-refractivity contribution in [1.29, 1.82) is 0 Å². The molecule has 4 heteroatoms. The molecule has 0 saturated carbocycles. The van der Waals surface area contributed by atoms with Crippen LogP contribution in [0.3, 0.4) is 0 Å². The molecule has 102 valence electrons. The van der Waals surface area contributed by atoms with Gasteiger partial charge in [0.15, 0.2) is 0 Å². The average Bonchev–Trinajstić information content (AvgIpc) is 2.82. The van der Waals surface area contributed by atoms with Crippen molar-refractivity contribution in [2.75, 3.05) is 0 Å². The Morgan fingerprint density at radius 1 is 0.714 bits per heavy atom. The van der Waals surface area contributed by atoms with Crippen LogP contribution in [0.4, 0.5) is 0 Å². The van der Waals surface area contributed by atoms with Gasteiger partial charge in [-0.1, -0.05) is 48.5 Å². The first kappa shape index (κ1) is 13.1. The van der Waals surface area contributed by atoms with Crippen LogP contribution in [0.5, 0.6) is 0 Å². The molecule has 0 unspecified atom stereocenters. The average molecular weight is 276 g/mol. The Bertz CT molecular complexity index is 737. The van der Waals surface area contributed by atoms with Gasteiger partial charge in [0, 0.05) is 12.1 Å². The van der Waals surface area contributed by atoms with Crippen LogP contribution in [0.25, 0.3) is 11.1 Å². The molecule has 0 bridgehead atoms. The van der Waals surface area contributed by atoms with E-state index in [9.17, 15) is 0 Å². The third-order valence-electron chi connectivity index (χ3n) is 3.56. The van der Waals surface area contributed by atoms with Crippen molar-refractivity contribution < 1.29 is 10.4 Å². The highest BCUT2D eigenvalue weighted by atomic mass is 16.5. The van der Waals surface area contributed by atoms with E-state index in [4.69, 9.17) is 10.4 Å². The summed E-state index contributed by atoms with van der Waals surface area (Å²) < 4.78 is 0. The molecular weight excluding hydrogens is 264 g/mol. The molecule has 0 spiro atoms. The van der Waals surface area contributed by atoms with Gasteiger partial charge in [-0.3, -0.25) is 10.4 Å². The van der Waals surface area contributed by atoms with Crippen LogP contribution in [-0.4, -0.2) is 10.4 Å². The van der Waals surface area contributed by atoms with Crippen molar-refractivity contribution >= 4 is 0 Å². The first-order chi connectivity index (χ1) is 10.3. The summed E-state index contributed by atoms with van der Waals surface area (Å²) in [6, 6.07) is 20.6. The molecule has 21 heavy (non-hydrogen) atoms. The summed E-state index contributed by atoms with van der Waals surface area (Å²) in [5.74, 6) is 5.91. The summed E-state index contributed by atoms with van der Waals surface area (Å²) in [7, 11) is 0. The highest BCUT2D eigenvalue weighted by Gasteiger charge is 2.40. The normalized spacial score (nSPS) is 12.9. The van der Waals surface area contributed by atoms with Gasteiger partial charge in [0.25, 0.3) is 0 Å². The zero-order valence-electron chi connectivity index (χ0n) is 11.0. The Morgan fingerprint density at radius 2 is 1.14 bits per heavy atom. The van der Waals surface area contributed by atoms with Crippen molar-refractivity contribution in [2.45, 2.75) is 5.41 Å². The minimum Gasteiger partial charge on any atom is -0.283 e. The molecular formula is C17H12N2O2. The van der Waals surface area contributed by atoms with Gasteiger partial charge in [-0.05, 0) is 34.1 Å². The Kier molecular flexibility index (Phi) is 3.25. The lowest BCUT2D eigenvalue weighted by Crippen LogP contribution is -2.22. The largest absolute Gasteiger partial charge is 0.283 e. The van der Waals surface area contributed by atoms with Gasteiger partial charge in [0.1, 0.15) is 5.41 Å². The Labute approximate surface area is 122 Å². The van der Waals surface area contributed by atoms with E-state index in [0.29, 0.717) is 0 Å². The van der Waals surface area contributed by atoms with E-state index in [-0.39, 0.29) is 0 Å². The number of rotatable bonds is 0. The number of benzene rings is 2. The highest BCUT2D eigenvalue weighted by molar-refractivity contribution is 5.85. The minimum absolute atomic E-state index is 0.904. The maximum Gasteiger partial charge on any atom is 0.147 e. The first-order valence-corrected chi connectivity index (χ1v) is 6.35. The van der Waals surface area contributed by atoms with Crippen molar-refractivity contribution in [2.24, 2.45) is 0 Å². The lowest BCUT2D eigenvalue weighted by Gasteiger charge is -2.19. The van der Waals surface area contributed by atoms with E-state index < -0.39 is 5.41 Å². The van der Waals surface area contributed by atoms with Crippen molar-refractivity contribution in [1.82, 2.24) is 11.0 Å². The molecule has 0 heterocycles. The summed E-state index contributed by atoms with van der Waals surface area (Å²) in [5.41, 5.74) is 6.74. The molecule has 1 aliphatic rings. The number of fused-ring (bicyclic) bond motifs is 3. The van der Waals surface area contributed by atoms with E-state index in [1.54, 1.807) is 0 Å². The molecule has 1 aliphatic carbocycles. The summed E-state index contributed by atoms with van der Waals surface area (Å²) >= 11 is 0. The summed E-state index contributed by atoms with van der Waals surface area (Å²) in [6.07, 6.45) is 0. The highest BCUT2D eigenvalue weighted by Crippen LogP contribution is 2.48. The first-order valence-electron chi connectivity index (χ1n) is 6.35. The van der Waals surface area contributed by atoms with Gasteiger partial charge in [-0.25, -0.2) is 11.0 Å². The zero-order valence-corrected chi connectivity index (χ0v) is 11.0. The molecule has 2 aromatic rings. The summed E-state index contributed by atoms with van der Waals surface area (Å²) in [4.78, 5) is 0. The smallest absolute Gasteiger partial charge is 0.147 e. The molecule has 4 nitrogen and oxygen atoms in total. The topological polar surface area (TPSA) is 64.5 Å². The second-order valence-electron chi connectivity index (χ2n) is 4.56. The van der Waals surface area contributed by atoms with Crippen LogP contribution >= 0.6 is 0 Å². The molecule has 0 saturated heterocycles. The second kappa shape index (κ2) is 5.22. The third kappa shape index (κ3) is 1.91. The molecule has 4 N–H and O–H groups in total. The predicted molar refractivity (Wildman–Crippen MR) is 78.1 cm³/mol. The van der Waals surface area contributed by atoms with Gasteiger partial charge in [0.05, 0.1) is 0 Å². The van der Waals surface area contributed by atoms with Crippen LogP contribution < -0.4 is 11.0 Å². The maximum atomic E-state index is 8.83. The molecule has 0 fully saturated rings. The SMILES string of the molecule is ONC#CC1(C#CNO)c2ccccc2-c2ccccc21. The van der Waals surface area contributed by atoms with E-state index in [0.717, 1.165) is 22.3 Å². The van der Waals surface area contributed by atoms with E-state index in [2.05, 4.69) is 23.9 Å². The molecule has 0 aromatic heterocycles. The second-order valence-corrected chi connectivity index (χ2v) is 4.56. The number of nitrogens with one attached hydrogen (secondary N) is 2. The van der Waals surface area contributed by atoms with Crippen molar-refractivity contribution in [3.63, 3.8) is 0 Å². The Balaban J connectivity index is 2.38. The zero-order chi connectivity index (χ0) is 14.7. The van der Waals surface area contributed by atoms with Crippen LogP contribution in [0.1, 0.15) is 11.1 Å². The summed E-state index contributed by atoms with van der Waals surface area (Å²) in [5, 5.41) is 17.7. The Morgan fingerprint density at radius 3 is 1.57 bits per heavy atom. The lowest BCUT2D eigenvalue weighted by molar-refractivity contribution is 0.224. The van der Waals surface area contributed by atoms with Gasteiger partial charge < -0.3 is 0 Å². The predicted octanol–water partition coefficient (Wildman–Crippen LogP) is 1.83. The fourth-order valence-electron chi connectivity index (χ4n) is 2.78. The monoisotopic (exact) mass is 276 g/mol. The van der Waals surface area contributed by atoms with E-state index in [1.807, 2.05) is 59.5 Å². The summed E-state index contributed by atoms with van der Waals surface area (Å²) in [6.45, 7) is 0. The minimum atomic E-state index is -0.904. The third-order valence-corrected chi connectivity index (χ3v) is 3.56. The van der Waals surface area contributed by atoms with Crippen LogP contribution in [0.15, 0.2) is 48.5 Å². The van der Waals surface area contributed by atoms with Crippen LogP contribution in [0.2, 0.25) is 0 Å². The molecule has 3 rings (SSSR count). The molecule has 0 amide bonds. The van der Waals surface area contributed by atoms with Crippen LogP contribution in [-0.2, 0) is 5.41 Å². The van der Waals surface area contributed by atoms with Gasteiger partial charge in [-0.15, -0.1) is 0 Å². The van der Waals surface area contributed by atoms with E-state index >= 15 is 0 Å². The number of hydroxylamine groups is 2. The standard InChI is InChI=1S/C17H12N2O2/c20-18-11-9-17(10-12-19-21)15-7-3-1-5-13(15)14-6-2-4-8-16(14)17/h1-8,18-21H. The fourth-order valence-corrected chi connectivity index (χ4v) is 2.78. The molecule has 0 aliphatic heterocycles. The van der Waals surface area contributed by atoms with Gasteiger partial charge >= 0.3 is 0 Å². The number of hydrogen-bond donors (Lipinski definition) is 4. The van der Waals surface area contributed by atoms with Gasteiger partial charge in [-0.2, -0.15) is 0 Å². The van der Waals surface area contributed by atoms with Crippen LogP contribution in [0, 0.1) is 23.9 Å². The fraction of sp³-hybridized carbons (Fsp3) is 0.0588. The quantitative estimate of drug-likeness (QED) is 0.337. The van der Waals surface area contributed by atoms with Gasteiger partial charge in [0.2, 0.25) is 0 Å². The maximum absolute atomic E-state index is 8.83. The lowest BCUT2D eigenvalue weighted by atomic mass is 9.80. The Hall–Kier alpha value is -2.92.